The molecule has 124 valence electrons. The zero-order valence-corrected chi connectivity index (χ0v) is 14.3. The topological polar surface area (TPSA) is 89.2 Å². The third-order valence-electron chi connectivity index (χ3n) is 3.31. The van der Waals surface area contributed by atoms with E-state index in [1.165, 1.54) is 23.5 Å². The zero-order valence-electron chi connectivity index (χ0n) is 12.6. The van der Waals surface area contributed by atoms with Gasteiger partial charge in [-0.3, -0.25) is 0 Å². The maximum absolute atomic E-state index is 9.40. The van der Waals surface area contributed by atoms with Crippen molar-refractivity contribution in [1.29, 1.82) is 0 Å². The van der Waals surface area contributed by atoms with Crippen LogP contribution in [0.5, 0.6) is 0 Å². The summed E-state index contributed by atoms with van der Waals surface area (Å²) in [5, 5.41) is 32.6. The summed E-state index contributed by atoms with van der Waals surface area (Å²) in [7, 11) is 0. The quantitative estimate of drug-likeness (QED) is 0.420. The van der Waals surface area contributed by atoms with E-state index in [1.807, 2.05) is 48.5 Å². The lowest BCUT2D eigenvalue weighted by atomic mass is 10.3. The van der Waals surface area contributed by atoms with Gasteiger partial charge >= 0.3 is 0 Å². The Hall–Kier alpha value is -2.32. The number of rotatable bonds is 0. The number of nitrogens with one attached hydrogen (secondary N) is 2. The summed E-state index contributed by atoms with van der Waals surface area (Å²) < 4.78 is 0. The molecule has 0 atom stereocenters. The molecule has 6 nitrogen and oxygen atoms in total. The number of oxime groups is 2. The molecule has 0 bridgehead atoms. The molecule has 0 radical (unpaired) electrons. The summed E-state index contributed by atoms with van der Waals surface area (Å²) in [4.78, 5) is 1.78. The van der Waals surface area contributed by atoms with E-state index in [-0.39, 0.29) is 10.1 Å². The molecule has 0 amide bonds. The van der Waals surface area contributed by atoms with Crippen LogP contribution in [0.15, 0.2) is 68.6 Å². The fraction of sp³-hybridized carbons (Fsp3) is 0.125. The molecule has 1 aliphatic rings. The first-order chi connectivity index (χ1) is 11.8. The SMILES string of the molecule is O/N=C1\Sc2ccccc2NCCNc2ccccc2S\C1=N\O. The third-order valence-corrected chi connectivity index (χ3v) is 5.53. The molecule has 3 rings (SSSR count). The smallest absolute Gasteiger partial charge is 0.176 e. The summed E-state index contributed by atoms with van der Waals surface area (Å²) in [5.74, 6) is 0. The van der Waals surface area contributed by atoms with Crippen molar-refractivity contribution in [2.45, 2.75) is 9.79 Å². The molecule has 0 aromatic heterocycles. The van der Waals surface area contributed by atoms with Crippen LogP contribution >= 0.6 is 23.5 Å². The molecule has 1 heterocycles. The van der Waals surface area contributed by atoms with Crippen LogP contribution in [-0.2, 0) is 0 Å². The van der Waals surface area contributed by atoms with Gasteiger partial charge in [0.2, 0.25) is 0 Å². The van der Waals surface area contributed by atoms with E-state index in [0.717, 1.165) is 34.3 Å². The van der Waals surface area contributed by atoms with Crippen LogP contribution in [0.1, 0.15) is 0 Å². The fourth-order valence-corrected chi connectivity index (χ4v) is 4.02. The number of benzene rings is 2. The van der Waals surface area contributed by atoms with Gasteiger partial charge in [0.25, 0.3) is 0 Å². The molecule has 0 saturated carbocycles. The highest BCUT2D eigenvalue weighted by molar-refractivity contribution is 8.25. The molecule has 0 unspecified atom stereocenters. The van der Waals surface area contributed by atoms with Gasteiger partial charge in [0.05, 0.1) is 0 Å². The Morgan fingerprint density at radius 1 is 0.708 bits per heavy atom. The lowest BCUT2D eigenvalue weighted by Gasteiger charge is -2.16. The van der Waals surface area contributed by atoms with Gasteiger partial charge in [-0.05, 0) is 24.3 Å². The highest BCUT2D eigenvalue weighted by Gasteiger charge is 2.18. The number of hydrogen-bond donors (Lipinski definition) is 4. The first-order valence-electron chi connectivity index (χ1n) is 7.28. The Morgan fingerprint density at radius 3 is 1.54 bits per heavy atom. The van der Waals surface area contributed by atoms with Gasteiger partial charge in [-0.25, -0.2) is 0 Å². The molecule has 24 heavy (non-hydrogen) atoms. The van der Waals surface area contributed by atoms with Gasteiger partial charge < -0.3 is 21.0 Å². The van der Waals surface area contributed by atoms with Crippen LogP contribution in [0, 0.1) is 0 Å². The Bertz CT molecular complexity index is 715. The Morgan fingerprint density at radius 2 is 1.12 bits per heavy atom. The first-order valence-corrected chi connectivity index (χ1v) is 8.91. The summed E-state index contributed by atoms with van der Waals surface area (Å²) in [5.41, 5.74) is 1.86. The molecular formula is C16H16N4O2S2. The second-order valence-corrected chi connectivity index (χ2v) is 6.92. The minimum absolute atomic E-state index is 0.229. The minimum Gasteiger partial charge on any atom is -0.410 e. The van der Waals surface area contributed by atoms with Crippen LogP contribution in [0.2, 0.25) is 0 Å². The van der Waals surface area contributed by atoms with E-state index >= 15 is 0 Å². The minimum atomic E-state index is 0.229. The molecule has 2 aromatic carbocycles. The standard InChI is InChI=1S/C16H16N4O2S2/c21-19-15-16(20-22)24-14-8-4-2-6-12(14)18-10-9-17-11-5-1-3-7-13(11)23-15/h1-8,17-18,21-22H,9-10H2/b19-15-,20-16+. The molecule has 0 aliphatic carbocycles. The second kappa shape index (κ2) is 7.98. The van der Waals surface area contributed by atoms with Crippen LogP contribution in [0.3, 0.4) is 0 Å². The van der Waals surface area contributed by atoms with Crippen molar-refractivity contribution < 1.29 is 10.4 Å². The molecule has 0 saturated heterocycles. The average Bonchev–Trinajstić information content (AvgIpc) is 2.62. The summed E-state index contributed by atoms with van der Waals surface area (Å²) in [6.07, 6.45) is 0. The van der Waals surface area contributed by atoms with Gasteiger partial charge in [-0.1, -0.05) is 58.1 Å². The van der Waals surface area contributed by atoms with Crippen LogP contribution in [0.4, 0.5) is 11.4 Å². The molecule has 0 fully saturated rings. The molecule has 4 N–H and O–H groups in total. The second-order valence-electron chi connectivity index (χ2n) is 4.86. The van der Waals surface area contributed by atoms with Crippen molar-refractivity contribution in [2.75, 3.05) is 23.7 Å². The highest BCUT2D eigenvalue weighted by Crippen LogP contribution is 2.34. The largest absolute Gasteiger partial charge is 0.410 e. The fourth-order valence-electron chi connectivity index (χ4n) is 2.22. The van der Waals surface area contributed by atoms with Crippen molar-refractivity contribution in [3.63, 3.8) is 0 Å². The summed E-state index contributed by atoms with van der Waals surface area (Å²) >= 11 is 2.49. The van der Waals surface area contributed by atoms with Gasteiger partial charge in [0.1, 0.15) is 0 Å². The Labute approximate surface area is 148 Å². The lowest BCUT2D eigenvalue weighted by Crippen LogP contribution is -2.16. The van der Waals surface area contributed by atoms with E-state index in [4.69, 9.17) is 0 Å². The number of thioether (sulfide) groups is 2. The maximum atomic E-state index is 9.40. The van der Waals surface area contributed by atoms with E-state index in [0.29, 0.717) is 0 Å². The van der Waals surface area contributed by atoms with Crippen molar-refractivity contribution in [3.05, 3.63) is 48.5 Å². The van der Waals surface area contributed by atoms with Gasteiger partial charge in [0, 0.05) is 34.3 Å². The highest BCUT2D eigenvalue weighted by atomic mass is 32.2. The number of fused-ring (bicyclic) bond motifs is 2. The summed E-state index contributed by atoms with van der Waals surface area (Å²) in [6, 6.07) is 15.4. The van der Waals surface area contributed by atoms with Crippen molar-refractivity contribution in [1.82, 2.24) is 0 Å². The van der Waals surface area contributed by atoms with Crippen molar-refractivity contribution >= 4 is 45.0 Å². The predicted molar refractivity (Wildman–Crippen MR) is 100 cm³/mol. The van der Waals surface area contributed by atoms with Crippen molar-refractivity contribution in [2.24, 2.45) is 10.3 Å². The Kier molecular flexibility index (Phi) is 5.50. The van der Waals surface area contributed by atoms with E-state index in [2.05, 4.69) is 20.9 Å². The number of para-hydroxylation sites is 2. The van der Waals surface area contributed by atoms with Gasteiger partial charge in [-0.2, -0.15) is 0 Å². The van der Waals surface area contributed by atoms with Gasteiger partial charge in [-0.15, -0.1) is 0 Å². The first kappa shape index (κ1) is 16.5. The van der Waals surface area contributed by atoms with E-state index < -0.39 is 0 Å². The molecule has 1 aliphatic heterocycles. The third kappa shape index (κ3) is 3.77. The maximum Gasteiger partial charge on any atom is 0.176 e. The number of hydrogen-bond acceptors (Lipinski definition) is 8. The average molecular weight is 360 g/mol. The monoisotopic (exact) mass is 360 g/mol. The van der Waals surface area contributed by atoms with E-state index in [1.54, 1.807) is 0 Å². The van der Waals surface area contributed by atoms with Gasteiger partial charge in [0.15, 0.2) is 10.1 Å². The number of nitrogens with zero attached hydrogens (tertiary/aromatic N) is 2. The van der Waals surface area contributed by atoms with Crippen LogP contribution < -0.4 is 10.6 Å². The molecule has 8 heteroatoms. The van der Waals surface area contributed by atoms with E-state index in [9.17, 15) is 10.4 Å². The molecule has 0 spiro atoms. The van der Waals surface area contributed by atoms with Crippen LogP contribution in [-0.4, -0.2) is 33.6 Å². The predicted octanol–water partition coefficient (Wildman–Crippen LogP) is 3.98. The summed E-state index contributed by atoms with van der Waals surface area (Å²) in [6.45, 7) is 1.48. The normalized spacial score (nSPS) is 18.5. The molecule has 2 aromatic rings. The zero-order chi connectivity index (χ0) is 16.8. The Balaban J connectivity index is 1.99. The van der Waals surface area contributed by atoms with Crippen molar-refractivity contribution in [3.8, 4) is 0 Å². The number of anilines is 2. The lowest BCUT2D eigenvalue weighted by molar-refractivity contribution is 0.316. The molecular weight excluding hydrogens is 344 g/mol. The van der Waals surface area contributed by atoms with Crippen LogP contribution in [0.25, 0.3) is 0 Å².